The molecule has 0 aliphatic carbocycles. The number of hydrogen-bond donors (Lipinski definition) is 2. The first-order chi connectivity index (χ1) is 11.7. The molecule has 1 fully saturated rings. The van der Waals surface area contributed by atoms with Gasteiger partial charge in [0.15, 0.2) is 0 Å². The number of aromatic nitrogens is 1. The van der Waals surface area contributed by atoms with E-state index in [2.05, 4.69) is 21.3 Å². The van der Waals surface area contributed by atoms with E-state index in [-0.39, 0.29) is 11.7 Å². The number of benzene rings is 1. The van der Waals surface area contributed by atoms with Crippen LogP contribution >= 0.6 is 0 Å². The molecule has 1 aliphatic heterocycles. The number of nitrogens with zero attached hydrogens (tertiary/aromatic N) is 2. The zero-order valence-corrected chi connectivity index (χ0v) is 13.7. The van der Waals surface area contributed by atoms with Gasteiger partial charge < -0.3 is 20.7 Å². The maximum Gasteiger partial charge on any atom is 0.267 e. The number of piperidine rings is 1. The Morgan fingerprint density at radius 2 is 2.21 bits per heavy atom. The third kappa shape index (κ3) is 3.59. The van der Waals surface area contributed by atoms with Gasteiger partial charge in [-0.1, -0.05) is 12.1 Å². The molecule has 126 valence electrons. The van der Waals surface area contributed by atoms with Gasteiger partial charge in [-0.15, -0.1) is 0 Å². The van der Waals surface area contributed by atoms with Crippen molar-refractivity contribution in [2.75, 3.05) is 30.4 Å². The van der Waals surface area contributed by atoms with Crippen LogP contribution in [-0.2, 0) is 0 Å². The van der Waals surface area contributed by atoms with E-state index in [0.29, 0.717) is 0 Å². The molecule has 1 aromatic heterocycles. The van der Waals surface area contributed by atoms with Crippen molar-refractivity contribution in [2.24, 2.45) is 5.73 Å². The smallest absolute Gasteiger partial charge is 0.267 e. The van der Waals surface area contributed by atoms with Gasteiger partial charge in [-0.25, -0.2) is 0 Å². The Morgan fingerprint density at radius 1 is 1.38 bits per heavy atom. The van der Waals surface area contributed by atoms with Crippen molar-refractivity contribution in [3.63, 3.8) is 0 Å². The molecule has 0 saturated carbocycles. The lowest BCUT2D eigenvalue weighted by atomic mass is 10.0. The van der Waals surface area contributed by atoms with E-state index in [1.54, 1.807) is 19.4 Å². The summed E-state index contributed by atoms with van der Waals surface area (Å²) < 4.78 is 5.47. The number of amides is 1. The van der Waals surface area contributed by atoms with Crippen molar-refractivity contribution >= 4 is 17.3 Å². The summed E-state index contributed by atoms with van der Waals surface area (Å²) in [6.07, 6.45) is 3.76. The standard InChI is InChI=1S/C18H22N4O2/c1-24-17-7-3-2-6-16(17)22-10-4-5-14(12-22)21-13-8-9-20-15(11-13)18(19)23/h2-3,6-9,11,14H,4-5,10,12H2,1H3,(H2,19,23)(H,20,21). The Balaban J connectivity index is 1.72. The average Bonchev–Trinajstić information content (AvgIpc) is 2.62. The van der Waals surface area contributed by atoms with Crippen molar-refractivity contribution in [1.29, 1.82) is 0 Å². The molecule has 1 aromatic carbocycles. The molecular weight excluding hydrogens is 304 g/mol. The summed E-state index contributed by atoms with van der Waals surface area (Å²) in [5, 5.41) is 3.48. The lowest BCUT2D eigenvalue weighted by molar-refractivity contribution is 0.0995. The number of pyridine rings is 1. The molecule has 1 saturated heterocycles. The highest BCUT2D eigenvalue weighted by atomic mass is 16.5. The van der Waals surface area contributed by atoms with E-state index in [0.717, 1.165) is 43.1 Å². The van der Waals surface area contributed by atoms with Gasteiger partial charge in [0.1, 0.15) is 11.4 Å². The number of carbonyl (C=O) groups is 1. The third-order valence-corrected chi connectivity index (χ3v) is 4.23. The summed E-state index contributed by atoms with van der Waals surface area (Å²) in [6, 6.07) is 11.9. The van der Waals surface area contributed by atoms with Crippen LogP contribution in [0.3, 0.4) is 0 Å². The summed E-state index contributed by atoms with van der Waals surface area (Å²) in [5.41, 5.74) is 7.55. The highest BCUT2D eigenvalue weighted by Crippen LogP contribution is 2.30. The zero-order valence-electron chi connectivity index (χ0n) is 13.7. The van der Waals surface area contributed by atoms with Crippen molar-refractivity contribution < 1.29 is 9.53 Å². The highest BCUT2D eigenvalue weighted by molar-refractivity contribution is 5.91. The van der Waals surface area contributed by atoms with Gasteiger partial charge in [0, 0.05) is 31.0 Å². The molecule has 0 bridgehead atoms. The minimum absolute atomic E-state index is 0.275. The number of nitrogens with one attached hydrogen (secondary N) is 1. The number of ether oxygens (including phenoxy) is 1. The first-order valence-corrected chi connectivity index (χ1v) is 8.07. The number of nitrogens with two attached hydrogens (primary N) is 1. The SMILES string of the molecule is COc1ccccc1N1CCCC(Nc2ccnc(C(N)=O)c2)C1. The Hall–Kier alpha value is -2.76. The van der Waals surface area contributed by atoms with Crippen LogP contribution < -0.4 is 20.7 Å². The quantitative estimate of drug-likeness (QED) is 0.881. The molecule has 3 rings (SSSR count). The minimum atomic E-state index is -0.516. The average molecular weight is 326 g/mol. The molecule has 0 radical (unpaired) electrons. The summed E-state index contributed by atoms with van der Waals surface area (Å²) in [5.74, 6) is 0.371. The van der Waals surface area contributed by atoms with Gasteiger partial charge in [-0.2, -0.15) is 0 Å². The number of primary amides is 1. The number of anilines is 2. The maximum absolute atomic E-state index is 11.3. The van der Waals surface area contributed by atoms with Gasteiger partial charge >= 0.3 is 0 Å². The normalized spacial score (nSPS) is 17.4. The van der Waals surface area contributed by atoms with Gasteiger partial charge in [0.25, 0.3) is 5.91 Å². The first-order valence-electron chi connectivity index (χ1n) is 8.07. The predicted molar refractivity (Wildman–Crippen MR) is 94.6 cm³/mol. The Morgan fingerprint density at radius 3 is 3.00 bits per heavy atom. The summed E-state index contributed by atoms with van der Waals surface area (Å²) >= 11 is 0. The zero-order chi connectivity index (χ0) is 16.9. The summed E-state index contributed by atoms with van der Waals surface area (Å²) in [6.45, 7) is 1.87. The van der Waals surface area contributed by atoms with Crippen LogP contribution in [0.25, 0.3) is 0 Å². The van der Waals surface area contributed by atoms with Crippen LogP contribution in [0.15, 0.2) is 42.6 Å². The van der Waals surface area contributed by atoms with E-state index in [1.807, 2.05) is 24.3 Å². The third-order valence-electron chi connectivity index (χ3n) is 4.23. The lowest BCUT2D eigenvalue weighted by Crippen LogP contribution is -2.42. The van der Waals surface area contributed by atoms with Gasteiger partial charge in [0.05, 0.1) is 12.8 Å². The Kier molecular flexibility index (Phi) is 4.84. The highest BCUT2D eigenvalue weighted by Gasteiger charge is 2.22. The molecule has 0 spiro atoms. The fourth-order valence-corrected chi connectivity index (χ4v) is 3.10. The fraction of sp³-hybridized carbons (Fsp3) is 0.333. The van der Waals surface area contributed by atoms with Crippen molar-refractivity contribution in [3.05, 3.63) is 48.3 Å². The van der Waals surface area contributed by atoms with Gasteiger partial charge in [-0.05, 0) is 37.1 Å². The molecule has 1 atom stereocenters. The van der Waals surface area contributed by atoms with Crippen LogP contribution in [0.5, 0.6) is 5.75 Å². The second-order valence-corrected chi connectivity index (χ2v) is 5.90. The second-order valence-electron chi connectivity index (χ2n) is 5.90. The van der Waals surface area contributed by atoms with E-state index >= 15 is 0 Å². The topological polar surface area (TPSA) is 80.5 Å². The molecule has 6 heteroatoms. The van der Waals surface area contributed by atoms with Crippen LogP contribution in [0, 0.1) is 0 Å². The fourth-order valence-electron chi connectivity index (χ4n) is 3.10. The molecule has 1 amide bonds. The summed E-state index contributed by atoms with van der Waals surface area (Å²) in [7, 11) is 1.70. The van der Waals surface area contributed by atoms with Crippen molar-refractivity contribution in [2.45, 2.75) is 18.9 Å². The number of para-hydroxylation sites is 2. The minimum Gasteiger partial charge on any atom is -0.495 e. The molecule has 6 nitrogen and oxygen atoms in total. The van der Waals surface area contributed by atoms with E-state index < -0.39 is 5.91 Å². The molecule has 1 unspecified atom stereocenters. The van der Waals surface area contributed by atoms with Crippen molar-refractivity contribution in [1.82, 2.24) is 4.98 Å². The largest absolute Gasteiger partial charge is 0.495 e. The molecule has 1 aliphatic rings. The lowest BCUT2D eigenvalue weighted by Gasteiger charge is -2.35. The van der Waals surface area contributed by atoms with Crippen molar-refractivity contribution in [3.8, 4) is 5.75 Å². The van der Waals surface area contributed by atoms with Gasteiger partial charge in [-0.3, -0.25) is 9.78 Å². The summed E-state index contributed by atoms with van der Waals surface area (Å²) in [4.78, 5) is 17.6. The van der Waals surface area contributed by atoms with E-state index in [9.17, 15) is 4.79 Å². The molecular formula is C18H22N4O2. The maximum atomic E-state index is 11.3. The monoisotopic (exact) mass is 326 g/mol. The van der Waals surface area contributed by atoms with E-state index in [1.165, 1.54) is 0 Å². The number of methoxy groups -OCH3 is 1. The number of hydrogen-bond acceptors (Lipinski definition) is 5. The number of rotatable bonds is 5. The molecule has 24 heavy (non-hydrogen) atoms. The van der Waals surface area contributed by atoms with E-state index in [4.69, 9.17) is 10.5 Å². The van der Waals surface area contributed by atoms with Gasteiger partial charge in [0.2, 0.25) is 0 Å². The van der Waals surface area contributed by atoms with Crippen LogP contribution in [0.4, 0.5) is 11.4 Å². The molecule has 2 heterocycles. The molecule has 2 aromatic rings. The first kappa shape index (κ1) is 16.1. The predicted octanol–water partition coefficient (Wildman–Crippen LogP) is 2.27. The second kappa shape index (κ2) is 7.21. The van der Waals surface area contributed by atoms with Crippen LogP contribution in [-0.4, -0.2) is 37.1 Å². The van der Waals surface area contributed by atoms with Crippen LogP contribution in [0.2, 0.25) is 0 Å². The molecule has 3 N–H and O–H groups in total. The van der Waals surface area contributed by atoms with Crippen LogP contribution in [0.1, 0.15) is 23.3 Å². The Bertz CT molecular complexity index is 720. The Labute approximate surface area is 141 Å². The number of carbonyl (C=O) groups excluding carboxylic acids is 1.